The van der Waals surface area contributed by atoms with E-state index in [1.54, 1.807) is 24.3 Å². The maximum Gasteiger partial charge on any atom is 0.251 e. The van der Waals surface area contributed by atoms with Crippen LogP contribution in [0.3, 0.4) is 0 Å². The third-order valence-corrected chi connectivity index (χ3v) is 1.72. The molecule has 0 saturated heterocycles. The molecular weight excluding hydrogens is 178 g/mol. The van der Waals surface area contributed by atoms with E-state index in [9.17, 15) is 4.79 Å². The molecule has 4 heteroatoms. The van der Waals surface area contributed by atoms with Gasteiger partial charge >= 0.3 is 0 Å². The summed E-state index contributed by atoms with van der Waals surface area (Å²) in [6.07, 6.45) is 0.387. The van der Waals surface area contributed by atoms with Gasteiger partial charge in [-0.3, -0.25) is 10.2 Å². The highest BCUT2D eigenvalue weighted by Gasteiger charge is 2.02. The molecule has 1 amide bonds. The standard InChI is InChI=1S/C10H13N3O/c11-9(12)6-7-13-10(14)8-4-2-1-3-5-8/h1-5H,6-7H2,(H3,11,12)(H,13,14). The third kappa shape index (κ3) is 3.26. The second kappa shape index (κ2) is 5.01. The Morgan fingerprint density at radius 2 is 2.00 bits per heavy atom. The van der Waals surface area contributed by atoms with E-state index in [2.05, 4.69) is 5.32 Å². The topological polar surface area (TPSA) is 79.0 Å². The molecule has 0 unspecified atom stereocenters. The number of hydrogen-bond acceptors (Lipinski definition) is 2. The molecule has 0 aromatic heterocycles. The lowest BCUT2D eigenvalue weighted by atomic mass is 10.2. The Kier molecular flexibility index (Phi) is 3.67. The molecule has 0 radical (unpaired) electrons. The Balaban J connectivity index is 2.40. The maximum atomic E-state index is 11.4. The molecule has 0 atom stereocenters. The van der Waals surface area contributed by atoms with E-state index in [-0.39, 0.29) is 11.7 Å². The molecule has 0 aliphatic carbocycles. The number of nitrogens with two attached hydrogens (primary N) is 1. The van der Waals surface area contributed by atoms with Crippen LogP contribution in [0.5, 0.6) is 0 Å². The van der Waals surface area contributed by atoms with Crippen molar-refractivity contribution < 1.29 is 4.79 Å². The number of amidine groups is 1. The van der Waals surface area contributed by atoms with Gasteiger partial charge in [0.25, 0.3) is 5.91 Å². The zero-order valence-corrected chi connectivity index (χ0v) is 7.79. The Bertz CT molecular complexity index is 321. The van der Waals surface area contributed by atoms with Crippen LogP contribution in [-0.2, 0) is 0 Å². The van der Waals surface area contributed by atoms with Crippen LogP contribution in [0.25, 0.3) is 0 Å². The Hall–Kier alpha value is -1.84. The molecule has 1 aromatic carbocycles. The summed E-state index contributed by atoms with van der Waals surface area (Å²) < 4.78 is 0. The maximum absolute atomic E-state index is 11.4. The predicted molar refractivity (Wildman–Crippen MR) is 55.3 cm³/mol. The number of rotatable bonds is 4. The fourth-order valence-electron chi connectivity index (χ4n) is 1.00. The zero-order chi connectivity index (χ0) is 10.4. The lowest BCUT2D eigenvalue weighted by Crippen LogP contribution is -2.27. The molecule has 0 fully saturated rings. The van der Waals surface area contributed by atoms with Gasteiger partial charge in [-0.05, 0) is 12.1 Å². The summed E-state index contributed by atoms with van der Waals surface area (Å²) in [6, 6.07) is 8.94. The van der Waals surface area contributed by atoms with Crippen LogP contribution in [0.4, 0.5) is 0 Å². The highest BCUT2D eigenvalue weighted by atomic mass is 16.1. The van der Waals surface area contributed by atoms with E-state index in [4.69, 9.17) is 11.1 Å². The van der Waals surface area contributed by atoms with Gasteiger partial charge in [-0.2, -0.15) is 0 Å². The highest BCUT2D eigenvalue weighted by molar-refractivity contribution is 5.94. The SMILES string of the molecule is N=C(N)CCNC(=O)c1ccccc1. The van der Waals surface area contributed by atoms with Gasteiger partial charge in [-0.25, -0.2) is 0 Å². The monoisotopic (exact) mass is 191 g/mol. The van der Waals surface area contributed by atoms with Crippen molar-refractivity contribution in [3.63, 3.8) is 0 Å². The zero-order valence-electron chi connectivity index (χ0n) is 7.79. The Morgan fingerprint density at radius 1 is 1.36 bits per heavy atom. The smallest absolute Gasteiger partial charge is 0.251 e. The average molecular weight is 191 g/mol. The molecule has 14 heavy (non-hydrogen) atoms. The van der Waals surface area contributed by atoms with E-state index < -0.39 is 0 Å². The van der Waals surface area contributed by atoms with Crippen LogP contribution >= 0.6 is 0 Å². The summed E-state index contributed by atoms with van der Waals surface area (Å²) >= 11 is 0. The molecule has 4 nitrogen and oxygen atoms in total. The molecule has 1 rings (SSSR count). The molecule has 4 N–H and O–H groups in total. The second-order valence-electron chi connectivity index (χ2n) is 2.90. The summed E-state index contributed by atoms with van der Waals surface area (Å²) in [7, 11) is 0. The second-order valence-corrected chi connectivity index (χ2v) is 2.90. The van der Waals surface area contributed by atoms with Crippen LogP contribution < -0.4 is 11.1 Å². The number of benzene rings is 1. The predicted octanol–water partition coefficient (Wildman–Crippen LogP) is 0.742. The van der Waals surface area contributed by atoms with Crippen molar-refractivity contribution in [2.45, 2.75) is 6.42 Å². The molecule has 0 aliphatic rings. The van der Waals surface area contributed by atoms with Crippen LogP contribution in [0, 0.1) is 5.41 Å². The summed E-state index contributed by atoms with van der Waals surface area (Å²) in [5, 5.41) is 9.64. The molecule has 0 saturated carbocycles. The van der Waals surface area contributed by atoms with Crippen molar-refractivity contribution in [3.8, 4) is 0 Å². The first-order valence-electron chi connectivity index (χ1n) is 4.36. The van der Waals surface area contributed by atoms with Gasteiger partial charge in [0.2, 0.25) is 0 Å². The van der Waals surface area contributed by atoms with Crippen molar-refractivity contribution in [2.75, 3.05) is 6.54 Å². The average Bonchev–Trinajstić information content (AvgIpc) is 2.18. The first-order valence-corrected chi connectivity index (χ1v) is 4.36. The van der Waals surface area contributed by atoms with E-state index >= 15 is 0 Å². The molecule has 0 heterocycles. The van der Waals surface area contributed by atoms with Gasteiger partial charge in [0.15, 0.2) is 0 Å². The number of carbonyl (C=O) groups excluding carboxylic acids is 1. The minimum atomic E-state index is -0.133. The minimum Gasteiger partial charge on any atom is -0.388 e. The highest BCUT2D eigenvalue weighted by Crippen LogP contribution is 1.97. The van der Waals surface area contributed by atoms with Gasteiger partial charge in [-0.15, -0.1) is 0 Å². The quantitative estimate of drug-likeness (QED) is 0.485. The van der Waals surface area contributed by atoms with Gasteiger partial charge in [0.1, 0.15) is 0 Å². The molecule has 0 spiro atoms. The number of hydrogen-bond donors (Lipinski definition) is 3. The van der Waals surface area contributed by atoms with Gasteiger partial charge < -0.3 is 11.1 Å². The van der Waals surface area contributed by atoms with E-state index in [1.807, 2.05) is 6.07 Å². The fraction of sp³-hybridized carbons (Fsp3) is 0.200. The van der Waals surface area contributed by atoms with Crippen molar-refractivity contribution in [2.24, 2.45) is 5.73 Å². The first-order chi connectivity index (χ1) is 6.70. The molecule has 0 aliphatic heterocycles. The molecule has 0 bridgehead atoms. The molecular formula is C10H13N3O. The van der Waals surface area contributed by atoms with Crippen molar-refractivity contribution in [1.29, 1.82) is 5.41 Å². The third-order valence-electron chi connectivity index (χ3n) is 1.72. The van der Waals surface area contributed by atoms with Gasteiger partial charge in [0.05, 0.1) is 5.84 Å². The lowest BCUT2D eigenvalue weighted by Gasteiger charge is -2.03. The lowest BCUT2D eigenvalue weighted by molar-refractivity contribution is 0.0955. The van der Waals surface area contributed by atoms with Crippen molar-refractivity contribution >= 4 is 11.7 Å². The Labute approximate surface area is 82.6 Å². The van der Waals surface area contributed by atoms with Gasteiger partial charge in [-0.1, -0.05) is 18.2 Å². The Morgan fingerprint density at radius 3 is 2.57 bits per heavy atom. The van der Waals surface area contributed by atoms with Crippen LogP contribution in [-0.4, -0.2) is 18.3 Å². The normalized spacial score (nSPS) is 9.43. The van der Waals surface area contributed by atoms with Gasteiger partial charge in [0, 0.05) is 18.5 Å². The van der Waals surface area contributed by atoms with Crippen LogP contribution in [0.15, 0.2) is 30.3 Å². The van der Waals surface area contributed by atoms with Crippen LogP contribution in [0.2, 0.25) is 0 Å². The molecule has 1 aromatic rings. The number of amides is 1. The fourth-order valence-corrected chi connectivity index (χ4v) is 1.00. The van der Waals surface area contributed by atoms with E-state index in [0.717, 1.165) is 0 Å². The largest absolute Gasteiger partial charge is 0.388 e. The summed E-state index contributed by atoms with van der Waals surface area (Å²) in [6.45, 7) is 0.406. The van der Waals surface area contributed by atoms with Crippen molar-refractivity contribution in [3.05, 3.63) is 35.9 Å². The van der Waals surface area contributed by atoms with Crippen LogP contribution in [0.1, 0.15) is 16.8 Å². The first kappa shape index (κ1) is 10.2. The summed E-state index contributed by atoms with van der Waals surface area (Å²) in [5.41, 5.74) is 5.77. The molecule has 74 valence electrons. The number of carbonyl (C=O) groups is 1. The van der Waals surface area contributed by atoms with Crippen molar-refractivity contribution in [1.82, 2.24) is 5.32 Å². The summed E-state index contributed by atoms with van der Waals surface area (Å²) in [5.74, 6) is -0.0507. The summed E-state index contributed by atoms with van der Waals surface area (Å²) in [4.78, 5) is 11.4. The number of nitrogens with one attached hydrogen (secondary N) is 2. The van der Waals surface area contributed by atoms with E-state index in [1.165, 1.54) is 0 Å². The minimum absolute atomic E-state index is 0.0818. The van der Waals surface area contributed by atoms with E-state index in [0.29, 0.717) is 18.5 Å².